The molecular formula is C16H15N7. The number of benzene rings is 1. The molecule has 4 rings (SSSR count). The van der Waals surface area contributed by atoms with Crippen LogP contribution in [0.4, 0.5) is 11.6 Å². The maximum atomic E-state index is 6.14. The topological polar surface area (TPSA) is 109 Å². The SMILES string of the molecule is Cc1cccc2cc(Cn3cnc4c(N)ncnc43)c(N)nc12. The summed E-state index contributed by atoms with van der Waals surface area (Å²) in [7, 11) is 0. The van der Waals surface area contributed by atoms with Gasteiger partial charge in [0, 0.05) is 10.9 Å². The van der Waals surface area contributed by atoms with E-state index in [1.54, 1.807) is 6.33 Å². The van der Waals surface area contributed by atoms with Crippen molar-refractivity contribution >= 4 is 33.7 Å². The molecule has 0 unspecified atom stereocenters. The van der Waals surface area contributed by atoms with Crippen molar-refractivity contribution in [3.63, 3.8) is 0 Å². The lowest BCUT2D eigenvalue weighted by Crippen LogP contribution is -2.05. The van der Waals surface area contributed by atoms with E-state index < -0.39 is 0 Å². The van der Waals surface area contributed by atoms with E-state index in [9.17, 15) is 0 Å². The minimum Gasteiger partial charge on any atom is -0.383 e. The van der Waals surface area contributed by atoms with Crippen molar-refractivity contribution in [1.82, 2.24) is 24.5 Å². The Morgan fingerprint density at radius 2 is 1.91 bits per heavy atom. The van der Waals surface area contributed by atoms with E-state index in [-0.39, 0.29) is 0 Å². The number of aryl methyl sites for hydroxylation is 1. The molecule has 4 N–H and O–H groups in total. The first-order valence-corrected chi connectivity index (χ1v) is 7.19. The molecule has 23 heavy (non-hydrogen) atoms. The molecule has 7 heteroatoms. The van der Waals surface area contributed by atoms with E-state index in [2.05, 4.69) is 26.0 Å². The summed E-state index contributed by atoms with van der Waals surface area (Å²) in [5.74, 6) is 0.879. The maximum Gasteiger partial charge on any atom is 0.165 e. The Labute approximate surface area is 132 Å². The summed E-state index contributed by atoms with van der Waals surface area (Å²) < 4.78 is 1.89. The molecule has 0 fully saturated rings. The fraction of sp³-hybridized carbons (Fsp3) is 0.125. The van der Waals surface area contributed by atoms with E-state index in [0.29, 0.717) is 29.3 Å². The van der Waals surface area contributed by atoms with Crippen molar-refractivity contribution < 1.29 is 0 Å². The third-order valence-electron chi connectivity index (χ3n) is 3.93. The van der Waals surface area contributed by atoms with E-state index in [4.69, 9.17) is 11.5 Å². The van der Waals surface area contributed by atoms with Gasteiger partial charge in [-0.2, -0.15) is 0 Å². The van der Waals surface area contributed by atoms with Crippen LogP contribution in [0.2, 0.25) is 0 Å². The van der Waals surface area contributed by atoms with Gasteiger partial charge in [0.2, 0.25) is 0 Å². The number of fused-ring (bicyclic) bond motifs is 2. The molecule has 3 aromatic heterocycles. The summed E-state index contributed by atoms with van der Waals surface area (Å²) in [6.07, 6.45) is 3.12. The Bertz CT molecular complexity index is 1040. The number of hydrogen-bond donors (Lipinski definition) is 2. The van der Waals surface area contributed by atoms with Gasteiger partial charge in [-0.25, -0.2) is 19.9 Å². The standard InChI is InChI=1S/C16H15N7/c1-9-3-2-4-10-5-11(14(17)22-12(9)10)6-23-8-21-13-15(18)19-7-20-16(13)23/h2-5,7-8H,6H2,1H3,(H2,17,22)(H2,18,19,20). The first-order valence-electron chi connectivity index (χ1n) is 7.19. The summed E-state index contributed by atoms with van der Waals surface area (Å²) in [4.78, 5) is 17.0. The van der Waals surface area contributed by atoms with Crippen LogP contribution >= 0.6 is 0 Å². The Morgan fingerprint density at radius 1 is 1.04 bits per heavy atom. The van der Waals surface area contributed by atoms with Gasteiger partial charge in [0.15, 0.2) is 11.5 Å². The van der Waals surface area contributed by atoms with Crippen molar-refractivity contribution in [2.24, 2.45) is 0 Å². The van der Waals surface area contributed by atoms with E-state index in [1.807, 2.05) is 29.7 Å². The van der Waals surface area contributed by atoms with Crippen LogP contribution in [0.5, 0.6) is 0 Å². The number of nitrogens with two attached hydrogens (primary N) is 2. The molecule has 0 aliphatic carbocycles. The molecule has 7 nitrogen and oxygen atoms in total. The number of nitrogen functional groups attached to an aromatic ring is 2. The monoisotopic (exact) mass is 305 g/mol. The summed E-state index contributed by atoms with van der Waals surface area (Å²) in [6, 6.07) is 8.13. The number of aromatic nitrogens is 5. The number of rotatable bonds is 2. The first kappa shape index (κ1) is 13.4. The second kappa shape index (κ2) is 4.91. The zero-order chi connectivity index (χ0) is 16.0. The number of imidazole rings is 1. The van der Waals surface area contributed by atoms with Crippen LogP contribution in [0.15, 0.2) is 36.9 Å². The molecule has 0 saturated carbocycles. The maximum absolute atomic E-state index is 6.14. The van der Waals surface area contributed by atoms with Crippen molar-refractivity contribution in [1.29, 1.82) is 0 Å². The van der Waals surface area contributed by atoms with Gasteiger partial charge < -0.3 is 16.0 Å². The zero-order valence-corrected chi connectivity index (χ0v) is 12.6. The molecule has 0 bridgehead atoms. The minimum absolute atomic E-state index is 0.369. The van der Waals surface area contributed by atoms with Gasteiger partial charge in [-0.15, -0.1) is 0 Å². The van der Waals surface area contributed by atoms with Gasteiger partial charge in [0.25, 0.3) is 0 Å². The second-order valence-electron chi connectivity index (χ2n) is 5.48. The quantitative estimate of drug-likeness (QED) is 0.585. The Kier molecular flexibility index (Phi) is 2.87. The molecule has 0 spiro atoms. The number of para-hydroxylation sites is 1. The highest BCUT2D eigenvalue weighted by Gasteiger charge is 2.11. The van der Waals surface area contributed by atoms with Crippen LogP contribution in [0.25, 0.3) is 22.1 Å². The fourth-order valence-electron chi connectivity index (χ4n) is 2.73. The third kappa shape index (κ3) is 2.13. The molecule has 0 atom stereocenters. The summed E-state index contributed by atoms with van der Waals surface area (Å²) >= 11 is 0. The summed E-state index contributed by atoms with van der Waals surface area (Å²) in [6.45, 7) is 2.55. The van der Waals surface area contributed by atoms with Crippen LogP contribution in [0.3, 0.4) is 0 Å². The molecule has 0 aliphatic rings. The molecule has 4 aromatic rings. The lowest BCUT2D eigenvalue weighted by Gasteiger charge is -2.10. The number of nitrogens with zero attached hydrogens (tertiary/aromatic N) is 5. The highest BCUT2D eigenvalue weighted by Crippen LogP contribution is 2.23. The average molecular weight is 305 g/mol. The molecular weight excluding hydrogens is 290 g/mol. The largest absolute Gasteiger partial charge is 0.383 e. The lowest BCUT2D eigenvalue weighted by atomic mass is 10.1. The first-order chi connectivity index (χ1) is 11.1. The van der Waals surface area contributed by atoms with Crippen LogP contribution in [0, 0.1) is 6.92 Å². The fourth-order valence-corrected chi connectivity index (χ4v) is 2.73. The molecule has 114 valence electrons. The number of hydrogen-bond acceptors (Lipinski definition) is 6. The molecule has 3 heterocycles. The summed E-state index contributed by atoms with van der Waals surface area (Å²) in [5.41, 5.74) is 16.2. The minimum atomic E-state index is 0.369. The second-order valence-corrected chi connectivity index (χ2v) is 5.48. The van der Waals surface area contributed by atoms with E-state index in [0.717, 1.165) is 22.0 Å². The van der Waals surface area contributed by atoms with E-state index >= 15 is 0 Å². The van der Waals surface area contributed by atoms with Crippen LogP contribution < -0.4 is 11.5 Å². The Hall–Kier alpha value is -3.22. The highest BCUT2D eigenvalue weighted by molar-refractivity contribution is 5.84. The lowest BCUT2D eigenvalue weighted by molar-refractivity contribution is 0.813. The van der Waals surface area contributed by atoms with Gasteiger partial charge in [-0.1, -0.05) is 18.2 Å². The van der Waals surface area contributed by atoms with Crippen molar-refractivity contribution in [2.45, 2.75) is 13.5 Å². The number of pyridine rings is 1. The van der Waals surface area contributed by atoms with Crippen LogP contribution in [-0.2, 0) is 6.54 Å². The third-order valence-corrected chi connectivity index (χ3v) is 3.93. The Morgan fingerprint density at radius 3 is 2.78 bits per heavy atom. The number of anilines is 2. The Balaban J connectivity index is 1.83. The van der Waals surface area contributed by atoms with E-state index in [1.165, 1.54) is 6.33 Å². The molecule has 0 radical (unpaired) electrons. The van der Waals surface area contributed by atoms with Gasteiger partial charge in [0.1, 0.15) is 17.7 Å². The van der Waals surface area contributed by atoms with Gasteiger partial charge in [-0.3, -0.25) is 0 Å². The normalized spacial score (nSPS) is 11.3. The predicted octanol–water partition coefficient (Wildman–Crippen LogP) is 1.90. The summed E-state index contributed by atoms with van der Waals surface area (Å²) in [5, 5.41) is 1.06. The van der Waals surface area contributed by atoms with Crippen molar-refractivity contribution in [3.05, 3.63) is 48.0 Å². The molecule has 1 aromatic carbocycles. The van der Waals surface area contributed by atoms with Crippen LogP contribution in [0.1, 0.15) is 11.1 Å². The smallest absolute Gasteiger partial charge is 0.165 e. The van der Waals surface area contributed by atoms with Gasteiger partial charge in [-0.05, 0) is 18.6 Å². The van der Waals surface area contributed by atoms with Gasteiger partial charge >= 0.3 is 0 Å². The van der Waals surface area contributed by atoms with Crippen molar-refractivity contribution in [2.75, 3.05) is 11.5 Å². The van der Waals surface area contributed by atoms with Gasteiger partial charge in [0.05, 0.1) is 18.4 Å². The zero-order valence-electron chi connectivity index (χ0n) is 12.6. The molecule has 0 aliphatic heterocycles. The van der Waals surface area contributed by atoms with Crippen molar-refractivity contribution in [3.8, 4) is 0 Å². The predicted molar refractivity (Wildman–Crippen MR) is 89.7 cm³/mol. The molecule has 0 saturated heterocycles. The van der Waals surface area contributed by atoms with Crippen LogP contribution in [-0.4, -0.2) is 24.5 Å². The average Bonchev–Trinajstić information content (AvgIpc) is 2.94. The highest BCUT2D eigenvalue weighted by atomic mass is 15.1. The molecule has 0 amide bonds.